The monoisotopic (exact) mass is 309 g/mol. The number of nitrogens with two attached hydrogens (primary N) is 1. The van der Waals surface area contributed by atoms with E-state index < -0.39 is 0 Å². The van der Waals surface area contributed by atoms with E-state index in [2.05, 4.69) is 21.7 Å². The first-order chi connectivity index (χ1) is 10.8. The normalized spacial score (nSPS) is 11.3. The highest BCUT2D eigenvalue weighted by atomic mass is 32.1. The number of thiophene rings is 1. The summed E-state index contributed by atoms with van der Waals surface area (Å²) in [5.74, 6) is 0.912. The molecule has 4 rings (SSSR count). The van der Waals surface area contributed by atoms with Gasteiger partial charge in [0.2, 0.25) is 0 Å². The summed E-state index contributed by atoms with van der Waals surface area (Å²) in [6.07, 6.45) is 5.56. The maximum absolute atomic E-state index is 5.89. The molecule has 0 saturated heterocycles. The zero-order valence-electron chi connectivity index (χ0n) is 11.9. The Morgan fingerprint density at radius 1 is 1.23 bits per heavy atom. The minimum atomic E-state index is 0.736. The van der Waals surface area contributed by atoms with Crippen molar-refractivity contribution in [2.75, 3.05) is 17.6 Å². The molecule has 0 aliphatic carbocycles. The van der Waals surface area contributed by atoms with Gasteiger partial charge in [-0.3, -0.25) is 0 Å². The highest BCUT2D eigenvalue weighted by Gasteiger charge is 2.09. The van der Waals surface area contributed by atoms with Crippen LogP contribution in [0.4, 0.5) is 11.5 Å². The lowest BCUT2D eigenvalue weighted by Crippen LogP contribution is -2.10. The molecule has 0 fully saturated rings. The van der Waals surface area contributed by atoms with E-state index in [0.29, 0.717) is 0 Å². The van der Waals surface area contributed by atoms with Crippen LogP contribution in [0.15, 0.2) is 48.4 Å². The molecule has 1 aromatic carbocycles. The first-order valence-corrected chi connectivity index (χ1v) is 7.95. The van der Waals surface area contributed by atoms with Crippen LogP contribution < -0.4 is 11.1 Å². The van der Waals surface area contributed by atoms with Gasteiger partial charge in [0.25, 0.3) is 0 Å². The molecule has 0 aliphatic rings. The Hall–Kier alpha value is -2.60. The lowest BCUT2D eigenvalue weighted by molar-refractivity contribution is 0.726. The summed E-state index contributed by atoms with van der Waals surface area (Å²) in [5.41, 5.74) is 7.56. The van der Waals surface area contributed by atoms with Crippen LogP contribution in [0.3, 0.4) is 0 Å². The summed E-state index contributed by atoms with van der Waals surface area (Å²) in [5, 5.41) is 7.84. The Kier molecular flexibility index (Phi) is 3.16. The van der Waals surface area contributed by atoms with Crippen molar-refractivity contribution in [2.45, 2.75) is 6.54 Å². The maximum Gasteiger partial charge on any atom is 0.135 e. The SMILES string of the molecule is Nc1ccc2c(c1)nc(NCCn1ccnc1)c1ccsc12. The number of nitrogens with zero attached hydrogens (tertiary/aromatic N) is 3. The van der Waals surface area contributed by atoms with Crippen molar-refractivity contribution < 1.29 is 0 Å². The Balaban J connectivity index is 1.70. The van der Waals surface area contributed by atoms with E-state index in [4.69, 9.17) is 10.7 Å². The summed E-state index contributed by atoms with van der Waals surface area (Å²) >= 11 is 1.73. The number of hydrogen-bond acceptors (Lipinski definition) is 5. The van der Waals surface area contributed by atoms with Gasteiger partial charge in [-0.15, -0.1) is 11.3 Å². The fourth-order valence-corrected chi connectivity index (χ4v) is 3.51. The number of imidazole rings is 1. The molecule has 0 spiro atoms. The van der Waals surface area contributed by atoms with Gasteiger partial charge in [-0.25, -0.2) is 9.97 Å². The van der Waals surface area contributed by atoms with Crippen molar-refractivity contribution in [2.24, 2.45) is 0 Å². The predicted molar refractivity (Wildman–Crippen MR) is 92.3 cm³/mol. The summed E-state index contributed by atoms with van der Waals surface area (Å²) < 4.78 is 3.28. The second-order valence-corrected chi connectivity index (χ2v) is 6.04. The van der Waals surface area contributed by atoms with E-state index >= 15 is 0 Å². The first-order valence-electron chi connectivity index (χ1n) is 7.07. The van der Waals surface area contributed by atoms with Gasteiger partial charge in [-0.1, -0.05) is 0 Å². The molecule has 0 radical (unpaired) electrons. The van der Waals surface area contributed by atoms with Crippen molar-refractivity contribution in [1.29, 1.82) is 0 Å². The first kappa shape index (κ1) is 13.1. The molecule has 3 heterocycles. The molecule has 6 heteroatoms. The fraction of sp³-hybridized carbons (Fsp3) is 0.125. The maximum atomic E-state index is 5.89. The minimum Gasteiger partial charge on any atom is -0.399 e. The number of anilines is 2. The van der Waals surface area contributed by atoms with E-state index in [1.54, 1.807) is 17.5 Å². The number of fused-ring (bicyclic) bond motifs is 3. The third-order valence-corrected chi connectivity index (χ3v) is 4.59. The number of nitrogen functional groups attached to an aromatic ring is 1. The lowest BCUT2D eigenvalue weighted by atomic mass is 10.1. The van der Waals surface area contributed by atoms with Crippen LogP contribution in [-0.4, -0.2) is 21.1 Å². The Morgan fingerprint density at radius 2 is 2.18 bits per heavy atom. The van der Waals surface area contributed by atoms with Crippen molar-refractivity contribution in [3.05, 3.63) is 48.4 Å². The molecule has 0 atom stereocenters. The molecule has 0 unspecified atom stereocenters. The molecular weight excluding hydrogens is 294 g/mol. The molecule has 3 N–H and O–H groups in total. The second kappa shape index (κ2) is 5.31. The van der Waals surface area contributed by atoms with Crippen molar-refractivity contribution in [3.63, 3.8) is 0 Å². The Bertz CT molecular complexity index is 926. The quantitative estimate of drug-likeness (QED) is 0.567. The second-order valence-electron chi connectivity index (χ2n) is 5.13. The molecule has 0 amide bonds. The molecule has 0 bridgehead atoms. The molecule has 110 valence electrons. The van der Waals surface area contributed by atoms with Crippen LogP contribution in [0.2, 0.25) is 0 Å². The highest BCUT2D eigenvalue weighted by Crippen LogP contribution is 2.33. The molecule has 0 saturated carbocycles. The van der Waals surface area contributed by atoms with Gasteiger partial charge in [0, 0.05) is 46.6 Å². The zero-order chi connectivity index (χ0) is 14.9. The van der Waals surface area contributed by atoms with Crippen molar-refractivity contribution in [1.82, 2.24) is 14.5 Å². The van der Waals surface area contributed by atoms with Gasteiger partial charge in [0.1, 0.15) is 5.82 Å². The molecule has 4 aromatic rings. The van der Waals surface area contributed by atoms with E-state index in [1.165, 1.54) is 4.70 Å². The average Bonchev–Trinajstić information content (AvgIpc) is 3.18. The standard InChI is InChI=1S/C16H15N5S/c17-11-1-2-12-14(9-11)20-16(13-3-8-22-15(12)13)19-5-7-21-6-4-18-10-21/h1-4,6,8-10H,5,7,17H2,(H,19,20). The third kappa shape index (κ3) is 2.27. The van der Waals surface area contributed by atoms with Gasteiger partial charge in [0.15, 0.2) is 0 Å². The van der Waals surface area contributed by atoms with Gasteiger partial charge in [-0.2, -0.15) is 0 Å². The van der Waals surface area contributed by atoms with Crippen molar-refractivity contribution in [3.8, 4) is 0 Å². The summed E-state index contributed by atoms with van der Waals surface area (Å²) in [6, 6.07) is 8.01. The minimum absolute atomic E-state index is 0.736. The Morgan fingerprint density at radius 3 is 3.05 bits per heavy atom. The van der Waals surface area contributed by atoms with Crippen LogP contribution >= 0.6 is 11.3 Å². The van der Waals surface area contributed by atoms with Crippen LogP contribution in [0, 0.1) is 0 Å². The number of hydrogen-bond donors (Lipinski definition) is 2. The molecule has 5 nitrogen and oxygen atoms in total. The fourth-order valence-electron chi connectivity index (χ4n) is 2.58. The molecule has 0 aliphatic heterocycles. The highest BCUT2D eigenvalue weighted by molar-refractivity contribution is 7.18. The topological polar surface area (TPSA) is 68.8 Å². The van der Waals surface area contributed by atoms with Crippen LogP contribution in [0.25, 0.3) is 21.0 Å². The zero-order valence-corrected chi connectivity index (χ0v) is 12.7. The number of benzene rings is 1. The summed E-state index contributed by atoms with van der Waals surface area (Å²) in [4.78, 5) is 8.79. The average molecular weight is 309 g/mol. The molecule has 3 aromatic heterocycles. The van der Waals surface area contributed by atoms with Gasteiger partial charge < -0.3 is 15.6 Å². The van der Waals surface area contributed by atoms with Crippen LogP contribution in [-0.2, 0) is 6.54 Å². The number of rotatable bonds is 4. The number of pyridine rings is 1. The molecular formula is C16H15N5S. The summed E-state index contributed by atoms with van der Waals surface area (Å²) in [7, 11) is 0. The molecule has 22 heavy (non-hydrogen) atoms. The number of nitrogens with one attached hydrogen (secondary N) is 1. The van der Waals surface area contributed by atoms with E-state index in [0.717, 1.165) is 40.9 Å². The van der Waals surface area contributed by atoms with Crippen LogP contribution in [0.1, 0.15) is 0 Å². The number of aromatic nitrogens is 3. The summed E-state index contributed by atoms with van der Waals surface area (Å²) in [6.45, 7) is 1.64. The van der Waals surface area contributed by atoms with Crippen molar-refractivity contribution >= 4 is 43.8 Å². The van der Waals surface area contributed by atoms with Gasteiger partial charge >= 0.3 is 0 Å². The van der Waals surface area contributed by atoms with Gasteiger partial charge in [-0.05, 0) is 29.6 Å². The Labute approximate surface area is 131 Å². The predicted octanol–water partition coefficient (Wildman–Crippen LogP) is 3.34. The van der Waals surface area contributed by atoms with E-state index in [9.17, 15) is 0 Å². The van der Waals surface area contributed by atoms with Gasteiger partial charge in [0.05, 0.1) is 11.8 Å². The third-order valence-electron chi connectivity index (χ3n) is 3.64. The van der Waals surface area contributed by atoms with E-state index in [1.807, 2.05) is 35.3 Å². The smallest absolute Gasteiger partial charge is 0.135 e. The largest absolute Gasteiger partial charge is 0.399 e. The lowest BCUT2D eigenvalue weighted by Gasteiger charge is -2.10. The van der Waals surface area contributed by atoms with E-state index in [-0.39, 0.29) is 0 Å². The van der Waals surface area contributed by atoms with Crippen LogP contribution in [0.5, 0.6) is 0 Å².